The van der Waals surface area contributed by atoms with Crippen LogP contribution in [0, 0.1) is 0 Å². The van der Waals surface area contributed by atoms with E-state index in [2.05, 4.69) is 15.9 Å². The molecule has 0 aromatic heterocycles. The lowest BCUT2D eigenvalue weighted by molar-refractivity contribution is -0.160. The molecule has 0 amide bonds. The van der Waals surface area contributed by atoms with E-state index in [9.17, 15) is 13.2 Å². The number of rotatable bonds is 6. The molecule has 0 bridgehead atoms. The predicted octanol–water partition coefficient (Wildman–Crippen LogP) is 3.35. The first-order valence-electron chi connectivity index (χ1n) is 8.66. The Morgan fingerprint density at radius 2 is 1.88 bits per heavy atom. The second-order valence-electron chi connectivity index (χ2n) is 7.32. The number of carbonyl (C=O) groups excluding carboxylic acids is 1. The Labute approximate surface area is 164 Å². The summed E-state index contributed by atoms with van der Waals surface area (Å²) < 4.78 is 38.9. The fourth-order valence-corrected chi connectivity index (χ4v) is 4.79. The van der Waals surface area contributed by atoms with E-state index in [-0.39, 0.29) is 24.2 Å². The summed E-state index contributed by atoms with van der Waals surface area (Å²) in [5, 5.41) is 0. The minimum atomic E-state index is -3.59. The highest BCUT2D eigenvalue weighted by atomic mass is 79.9. The van der Waals surface area contributed by atoms with E-state index in [1.54, 1.807) is 45.0 Å². The monoisotopic (exact) mass is 447 g/mol. The molecular formula is C18H26BrNO5S. The van der Waals surface area contributed by atoms with Gasteiger partial charge in [-0.1, -0.05) is 22.4 Å². The fourth-order valence-electron chi connectivity index (χ4n) is 2.85. The van der Waals surface area contributed by atoms with Gasteiger partial charge in [0.2, 0.25) is 10.0 Å². The SMILES string of the molecule is CC(C)(C)OC(=O)COCC1CCCCN1S(=O)(=O)c1ccc(Br)cc1. The third kappa shape index (κ3) is 6.04. The Bertz CT molecular complexity index is 712. The largest absolute Gasteiger partial charge is 0.458 e. The second-order valence-corrected chi connectivity index (χ2v) is 10.1. The molecule has 1 unspecified atom stereocenters. The third-order valence-electron chi connectivity index (χ3n) is 3.94. The van der Waals surface area contributed by atoms with Crippen molar-refractivity contribution in [3.8, 4) is 0 Å². The molecule has 1 aromatic carbocycles. The smallest absolute Gasteiger partial charge is 0.332 e. The van der Waals surface area contributed by atoms with Gasteiger partial charge in [0, 0.05) is 17.1 Å². The van der Waals surface area contributed by atoms with Crippen molar-refractivity contribution in [1.29, 1.82) is 0 Å². The molecule has 8 heteroatoms. The highest BCUT2D eigenvalue weighted by molar-refractivity contribution is 9.10. The Kier molecular flexibility index (Phi) is 7.24. The van der Waals surface area contributed by atoms with Crippen LogP contribution in [-0.4, -0.2) is 50.1 Å². The van der Waals surface area contributed by atoms with Gasteiger partial charge >= 0.3 is 5.97 Å². The van der Waals surface area contributed by atoms with Crippen LogP contribution in [0.2, 0.25) is 0 Å². The first-order valence-corrected chi connectivity index (χ1v) is 10.9. The van der Waals surface area contributed by atoms with Crippen LogP contribution in [0.25, 0.3) is 0 Å². The van der Waals surface area contributed by atoms with Crippen molar-refractivity contribution in [2.75, 3.05) is 19.8 Å². The van der Waals surface area contributed by atoms with Crippen molar-refractivity contribution in [3.05, 3.63) is 28.7 Å². The van der Waals surface area contributed by atoms with Crippen molar-refractivity contribution in [3.63, 3.8) is 0 Å². The molecule has 146 valence electrons. The standard InChI is InChI=1S/C18H26BrNO5S/c1-18(2,3)25-17(21)13-24-12-15-6-4-5-11-20(15)26(22,23)16-9-7-14(19)8-10-16/h7-10,15H,4-6,11-13H2,1-3H3. The zero-order chi connectivity index (χ0) is 19.4. The number of carbonyl (C=O) groups is 1. The number of ether oxygens (including phenoxy) is 2. The van der Waals surface area contributed by atoms with E-state index >= 15 is 0 Å². The summed E-state index contributed by atoms with van der Waals surface area (Å²) in [6, 6.07) is 6.33. The topological polar surface area (TPSA) is 72.9 Å². The molecule has 6 nitrogen and oxygen atoms in total. The van der Waals surface area contributed by atoms with Crippen LogP contribution in [0.4, 0.5) is 0 Å². The number of benzene rings is 1. The lowest BCUT2D eigenvalue weighted by Gasteiger charge is -2.34. The second kappa shape index (κ2) is 8.82. The number of sulfonamides is 1. The van der Waals surface area contributed by atoms with Crippen LogP contribution in [0.15, 0.2) is 33.6 Å². The van der Waals surface area contributed by atoms with Gasteiger partial charge < -0.3 is 9.47 Å². The Balaban J connectivity index is 2.01. The summed E-state index contributed by atoms with van der Waals surface area (Å²) in [6.45, 7) is 5.82. The summed E-state index contributed by atoms with van der Waals surface area (Å²) in [5.74, 6) is -0.448. The highest BCUT2D eigenvalue weighted by Gasteiger charge is 2.33. The van der Waals surface area contributed by atoms with Crippen molar-refractivity contribution in [1.82, 2.24) is 4.31 Å². The zero-order valence-corrected chi connectivity index (χ0v) is 17.8. The van der Waals surface area contributed by atoms with Gasteiger partial charge in [0.1, 0.15) is 12.2 Å². The average Bonchev–Trinajstić information content (AvgIpc) is 2.54. The van der Waals surface area contributed by atoms with Gasteiger partial charge in [-0.3, -0.25) is 0 Å². The van der Waals surface area contributed by atoms with Gasteiger partial charge in [-0.05, 0) is 57.9 Å². The maximum Gasteiger partial charge on any atom is 0.332 e. The number of hydrogen-bond donors (Lipinski definition) is 0. The molecule has 1 aliphatic rings. The maximum absolute atomic E-state index is 13.0. The van der Waals surface area contributed by atoms with Crippen molar-refractivity contribution >= 4 is 31.9 Å². The van der Waals surface area contributed by atoms with Crippen LogP contribution in [0.3, 0.4) is 0 Å². The Morgan fingerprint density at radius 3 is 2.50 bits per heavy atom. The number of esters is 1. The zero-order valence-electron chi connectivity index (χ0n) is 15.4. The molecule has 1 atom stereocenters. The molecule has 0 spiro atoms. The van der Waals surface area contributed by atoms with Crippen molar-refractivity contribution in [2.45, 2.75) is 56.6 Å². The molecule has 0 N–H and O–H groups in total. The van der Waals surface area contributed by atoms with Gasteiger partial charge in [0.15, 0.2) is 0 Å². The van der Waals surface area contributed by atoms with Gasteiger partial charge in [-0.25, -0.2) is 13.2 Å². The number of nitrogens with zero attached hydrogens (tertiary/aromatic N) is 1. The molecule has 1 aromatic rings. The molecular weight excluding hydrogens is 422 g/mol. The maximum atomic E-state index is 13.0. The summed E-state index contributed by atoms with van der Waals surface area (Å²) in [7, 11) is -3.59. The molecule has 2 rings (SSSR count). The molecule has 26 heavy (non-hydrogen) atoms. The highest BCUT2D eigenvalue weighted by Crippen LogP contribution is 2.26. The van der Waals surface area contributed by atoms with Crippen molar-refractivity contribution in [2.24, 2.45) is 0 Å². The number of piperidine rings is 1. The molecule has 0 aliphatic carbocycles. The summed E-state index contributed by atoms with van der Waals surface area (Å²) in [6.07, 6.45) is 2.47. The van der Waals surface area contributed by atoms with Gasteiger partial charge in [0.25, 0.3) is 0 Å². The van der Waals surface area contributed by atoms with E-state index in [4.69, 9.17) is 9.47 Å². The molecule has 1 fully saturated rings. The van der Waals surface area contributed by atoms with Crippen LogP contribution in [0.1, 0.15) is 40.0 Å². The average molecular weight is 448 g/mol. The molecule has 0 radical (unpaired) electrons. The van der Waals surface area contributed by atoms with E-state index in [1.807, 2.05) is 0 Å². The van der Waals surface area contributed by atoms with E-state index < -0.39 is 21.6 Å². The Morgan fingerprint density at radius 1 is 1.23 bits per heavy atom. The van der Waals surface area contributed by atoms with Crippen LogP contribution in [0.5, 0.6) is 0 Å². The van der Waals surface area contributed by atoms with Crippen LogP contribution < -0.4 is 0 Å². The third-order valence-corrected chi connectivity index (χ3v) is 6.44. The number of hydrogen-bond acceptors (Lipinski definition) is 5. The van der Waals surface area contributed by atoms with Gasteiger partial charge in [0.05, 0.1) is 11.5 Å². The lowest BCUT2D eigenvalue weighted by atomic mass is 10.1. The summed E-state index contributed by atoms with van der Waals surface area (Å²) in [5.41, 5.74) is -0.567. The van der Waals surface area contributed by atoms with E-state index in [1.165, 1.54) is 4.31 Å². The summed E-state index contributed by atoms with van der Waals surface area (Å²) in [4.78, 5) is 12.0. The van der Waals surface area contributed by atoms with E-state index in [0.29, 0.717) is 13.0 Å². The first-order chi connectivity index (χ1) is 12.1. The molecule has 1 heterocycles. The van der Waals surface area contributed by atoms with Gasteiger partial charge in [-0.2, -0.15) is 4.31 Å². The minimum Gasteiger partial charge on any atom is -0.458 e. The lowest BCUT2D eigenvalue weighted by Crippen LogP contribution is -2.46. The normalized spacial score (nSPS) is 19.3. The van der Waals surface area contributed by atoms with Crippen LogP contribution in [-0.2, 0) is 24.3 Å². The first kappa shape index (κ1) is 21.3. The quantitative estimate of drug-likeness (QED) is 0.625. The minimum absolute atomic E-state index is 0.176. The summed E-state index contributed by atoms with van der Waals surface area (Å²) >= 11 is 3.32. The van der Waals surface area contributed by atoms with Crippen molar-refractivity contribution < 1.29 is 22.7 Å². The fraction of sp³-hybridized carbons (Fsp3) is 0.611. The molecule has 1 aliphatic heterocycles. The number of halogens is 1. The molecule has 0 saturated carbocycles. The van der Waals surface area contributed by atoms with Crippen LogP contribution >= 0.6 is 15.9 Å². The van der Waals surface area contributed by atoms with E-state index in [0.717, 1.165) is 17.3 Å². The van der Waals surface area contributed by atoms with Gasteiger partial charge in [-0.15, -0.1) is 0 Å². The molecule has 1 saturated heterocycles. The predicted molar refractivity (Wildman–Crippen MR) is 102 cm³/mol. The Hall–Kier alpha value is -0.960.